The number of carbonyl (C=O) groups excluding carboxylic acids is 3. The van der Waals surface area contributed by atoms with Crippen LogP contribution in [0.1, 0.15) is 66.2 Å². The summed E-state index contributed by atoms with van der Waals surface area (Å²) in [6, 6.07) is 0.156. The Balaban J connectivity index is 1.58. The van der Waals surface area contributed by atoms with Crippen LogP contribution in [0.5, 0.6) is 0 Å². The molecule has 2 atom stereocenters. The minimum absolute atomic E-state index is 0.0469. The van der Waals surface area contributed by atoms with Gasteiger partial charge in [0.05, 0.1) is 5.56 Å². The average Bonchev–Trinajstić information content (AvgIpc) is 3.43. The monoisotopic (exact) mass is 392 g/mol. The van der Waals surface area contributed by atoms with Crippen molar-refractivity contribution in [3.63, 3.8) is 0 Å². The van der Waals surface area contributed by atoms with Crippen LogP contribution in [0, 0.1) is 25.7 Å². The minimum atomic E-state index is -0.560. The number of hydrogen-bond acceptors (Lipinski definition) is 5. The van der Waals surface area contributed by atoms with E-state index in [1.807, 2.05) is 13.8 Å². The lowest BCUT2D eigenvalue weighted by Crippen LogP contribution is -2.42. The second-order valence-corrected chi connectivity index (χ2v) is 8.99. The van der Waals surface area contributed by atoms with Crippen molar-refractivity contribution >= 4 is 34.1 Å². The highest BCUT2D eigenvalue weighted by atomic mass is 32.1. The van der Waals surface area contributed by atoms with Crippen LogP contribution in [-0.2, 0) is 14.3 Å². The lowest BCUT2D eigenvalue weighted by molar-refractivity contribution is -0.125. The normalized spacial score (nSPS) is 22.2. The Labute approximate surface area is 164 Å². The number of esters is 1. The number of nitrogens with one attached hydrogen (secondary N) is 2. The average molecular weight is 393 g/mol. The Morgan fingerprint density at radius 3 is 2.48 bits per heavy atom. The summed E-state index contributed by atoms with van der Waals surface area (Å²) in [7, 11) is 0. The first kappa shape index (κ1) is 19.9. The smallest absolute Gasteiger partial charge is 0.341 e. The van der Waals surface area contributed by atoms with Crippen molar-refractivity contribution in [2.45, 2.75) is 65.3 Å². The maximum atomic E-state index is 12.6. The first-order chi connectivity index (χ1) is 12.9. The Hall–Kier alpha value is -1.89. The highest BCUT2D eigenvalue weighted by Gasteiger charge is 2.32. The molecule has 2 aliphatic rings. The van der Waals surface area contributed by atoms with Gasteiger partial charge in [-0.3, -0.25) is 9.59 Å². The Morgan fingerprint density at radius 2 is 1.81 bits per heavy atom. The first-order valence-electron chi connectivity index (χ1n) is 9.74. The lowest BCUT2D eigenvalue weighted by atomic mass is 9.86. The zero-order valence-electron chi connectivity index (χ0n) is 16.2. The molecule has 1 heterocycles. The molecule has 0 spiro atoms. The van der Waals surface area contributed by atoms with Gasteiger partial charge in [-0.2, -0.15) is 0 Å². The molecule has 2 N–H and O–H groups in total. The van der Waals surface area contributed by atoms with Crippen LogP contribution in [0.3, 0.4) is 0 Å². The van der Waals surface area contributed by atoms with Crippen molar-refractivity contribution in [2.24, 2.45) is 11.8 Å². The van der Waals surface area contributed by atoms with Gasteiger partial charge in [0.25, 0.3) is 5.91 Å². The lowest BCUT2D eigenvalue weighted by Gasteiger charge is -2.29. The second kappa shape index (κ2) is 8.42. The van der Waals surface area contributed by atoms with Gasteiger partial charge in [-0.05, 0) is 51.0 Å². The molecule has 1 aromatic rings. The van der Waals surface area contributed by atoms with E-state index in [-0.39, 0.29) is 30.4 Å². The van der Waals surface area contributed by atoms with E-state index in [2.05, 4.69) is 17.6 Å². The topological polar surface area (TPSA) is 84.5 Å². The SMILES string of the molecule is Cc1sc(NC(=O)C2CC2)c(C(=O)OCC(=O)NC2CCCCC2C)c1C. The van der Waals surface area contributed by atoms with E-state index in [9.17, 15) is 14.4 Å². The number of carbonyl (C=O) groups is 3. The number of anilines is 1. The van der Waals surface area contributed by atoms with Crippen molar-refractivity contribution in [3.8, 4) is 0 Å². The molecule has 27 heavy (non-hydrogen) atoms. The molecule has 0 bridgehead atoms. The van der Waals surface area contributed by atoms with Crippen LogP contribution in [0.25, 0.3) is 0 Å². The van der Waals surface area contributed by atoms with Gasteiger partial charge in [-0.25, -0.2) is 4.79 Å². The summed E-state index contributed by atoms with van der Waals surface area (Å²) < 4.78 is 5.26. The van der Waals surface area contributed by atoms with Gasteiger partial charge in [0.1, 0.15) is 5.00 Å². The number of ether oxygens (including phenoxy) is 1. The van der Waals surface area contributed by atoms with Gasteiger partial charge >= 0.3 is 5.97 Å². The largest absolute Gasteiger partial charge is 0.452 e. The summed E-state index contributed by atoms with van der Waals surface area (Å²) in [4.78, 5) is 37.8. The van der Waals surface area contributed by atoms with Crippen molar-refractivity contribution in [1.29, 1.82) is 0 Å². The molecular weight excluding hydrogens is 364 g/mol. The second-order valence-electron chi connectivity index (χ2n) is 7.76. The fourth-order valence-corrected chi connectivity index (χ4v) is 4.55. The molecule has 6 nitrogen and oxygen atoms in total. The van der Waals surface area contributed by atoms with E-state index in [1.54, 1.807) is 0 Å². The molecule has 2 amide bonds. The van der Waals surface area contributed by atoms with Crippen LogP contribution in [0.2, 0.25) is 0 Å². The number of amides is 2. The van der Waals surface area contributed by atoms with E-state index in [1.165, 1.54) is 17.8 Å². The standard InChI is InChI=1S/C20H28N2O4S/c1-11-6-4-5-7-15(11)21-16(23)10-26-20(25)17-12(2)13(3)27-19(17)22-18(24)14-8-9-14/h11,14-15H,4-10H2,1-3H3,(H,21,23)(H,22,24). The van der Waals surface area contributed by atoms with Gasteiger partial charge < -0.3 is 15.4 Å². The van der Waals surface area contributed by atoms with Crippen LogP contribution >= 0.6 is 11.3 Å². The molecular formula is C20H28N2O4S. The third-order valence-corrected chi connectivity index (χ3v) is 6.69. The number of aryl methyl sites for hydroxylation is 1. The zero-order chi connectivity index (χ0) is 19.6. The zero-order valence-corrected chi connectivity index (χ0v) is 17.0. The molecule has 2 unspecified atom stereocenters. The van der Waals surface area contributed by atoms with Gasteiger partial charge in [0.15, 0.2) is 6.61 Å². The third-order valence-electron chi connectivity index (χ3n) is 5.57. The van der Waals surface area contributed by atoms with Crippen molar-refractivity contribution in [2.75, 3.05) is 11.9 Å². The summed E-state index contributed by atoms with van der Waals surface area (Å²) in [6.45, 7) is 5.58. The molecule has 0 aromatic carbocycles. The highest BCUT2D eigenvalue weighted by molar-refractivity contribution is 7.16. The van der Waals surface area contributed by atoms with Crippen molar-refractivity contribution in [1.82, 2.24) is 5.32 Å². The first-order valence-corrected chi connectivity index (χ1v) is 10.6. The number of rotatable bonds is 6. The molecule has 1 aromatic heterocycles. The fourth-order valence-electron chi connectivity index (χ4n) is 3.50. The van der Waals surface area contributed by atoms with Crippen LogP contribution in [0.15, 0.2) is 0 Å². The number of hydrogen-bond donors (Lipinski definition) is 2. The maximum Gasteiger partial charge on any atom is 0.341 e. The molecule has 7 heteroatoms. The Kier molecular flexibility index (Phi) is 6.19. The third kappa shape index (κ3) is 4.89. The number of thiophene rings is 1. The van der Waals surface area contributed by atoms with Gasteiger partial charge in [-0.15, -0.1) is 11.3 Å². The molecule has 0 saturated heterocycles. The molecule has 2 aliphatic carbocycles. The molecule has 0 aliphatic heterocycles. The van der Waals surface area contributed by atoms with E-state index in [0.29, 0.717) is 16.5 Å². The molecule has 3 rings (SSSR count). The quantitative estimate of drug-likeness (QED) is 0.725. The minimum Gasteiger partial charge on any atom is -0.452 e. The fraction of sp³-hybridized carbons (Fsp3) is 0.650. The molecule has 2 fully saturated rings. The van der Waals surface area contributed by atoms with E-state index < -0.39 is 5.97 Å². The van der Waals surface area contributed by atoms with E-state index >= 15 is 0 Å². The molecule has 0 radical (unpaired) electrons. The van der Waals surface area contributed by atoms with E-state index in [4.69, 9.17) is 4.74 Å². The molecule has 2 saturated carbocycles. The summed E-state index contributed by atoms with van der Waals surface area (Å²) in [6.07, 6.45) is 6.20. The molecule has 148 valence electrons. The Bertz CT molecular complexity index is 739. The Morgan fingerprint density at radius 1 is 1.11 bits per heavy atom. The van der Waals surface area contributed by atoms with Crippen LogP contribution in [-0.4, -0.2) is 30.4 Å². The van der Waals surface area contributed by atoms with Crippen molar-refractivity contribution in [3.05, 3.63) is 16.0 Å². The summed E-state index contributed by atoms with van der Waals surface area (Å²) in [5.74, 6) is -0.372. The van der Waals surface area contributed by atoms with Gasteiger partial charge in [0, 0.05) is 16.8 Å². The summed E-state index contributed by atoms with van der Waals surface area (Å²) >= 11 is 1.37. The van der Waals surface area contributed by atoms with Gasteiger partial charge in [-0.1, -0.05) is 19.8 Å². The van der Waals surface area contributed by atoms with Crippen molar-refractivity contribution < 1.29 is 19.1 Å². The van der Waals surface area contributed by atoms with E-state index in [0.717, 1.165) is 42.5 Å². The predicted octanol–water partition coefficient (Wildman–Crippen LogP) is 3.57. The summed E-state index contributed by atoms with van der Waals surface area (Å²) in [5, 5.41) is 6.36. The predicted molar refractivity (Wildman–Crippen MR) is 105 cm³/mol. The van der Waals surface area contributed by atoms with Gasteiger partial charge in [0.2, 0.25) is 5.91 Å². The summed E-state index contributed by atoms with van der Waals surface area (Å²) in [5.41, 5.74) is 1.16. The highest BCUT2D eigenvalue weighted by Crippen LogP contribution is 2.36. The van der Waals surface area contributed by atoms with Crippen LogP contribution in [0.4, 0.5) is 5.00 Å². The van der Waals surface area contributed by atoms with Crippen LogP contribution < -0.4 is 10.6 Å². The maximum absolute atomic E-state index is 12.6.